The molecular weight excluding hydrogens is 438 g/mol. The van der Waals surface area contributed by atoms with Crippen LogP contribution in [0.25, 0.3) is 0 Å². The van der Waals surface area contributed by atoms with Crippen molar-refractivity contribution < 1.29 is 19.1 Å². The Bertz CT molecular complexity index is 912. The van der Waals surface area contributed by atoms with Crippen molar-refractivity contribution in [3.05, 3.63) is 58.1 Å². The number of halogens is 1. The number of amides is 2. The SMILES string of the molecule is CCCCOc1ccc(C(=O)NC(=S)NNC(=O)COc2cc(C)c(Cl)c(C)c2)cc1. The van der Waals surface area contributed by atoms with Crippen molar-refractivity contribution >= 4 is 40.7 Å². The molecule has 0 aliphatic rings. The third-order valence-electron chi connectivity index (χ3n) is 4.21. The lowest BCUT2D eigenvalue weighted by Crippen LogP contribution is -2.49. The number of aryl methyl sites for hydroxylation is 2. The summed E-state index contributed by atoms with van der Waals surface area (Å²) in [6, 6.07) is 10.2. The highest BCUT2D eigenvalue weighted by atomic mass is 35.5. The van der Waals surface area contributed by atoms with Crippen molar-refractivity contribution in [1.82, 2.24) is 16.2 Å². The van der Waals surface area contributed by atoms with E-state index in [1.807, 2.05) is 13.8 Å². The average molecular weight is 464 g/mol. The fraction of sp³-hybridized carbons (Fsp3) is 0.318. The molecule has 0 saturated carbocycles. The van der Waals surface area contributed by atoms with Crippen LogP contribution in [0.4, 0.5) is 0 Å². The van der Waals surface area contributed by atoms with Gasteiger partial charge in [-0.3, -0.25) is 25.8 Å². The van der Waals surface area contributed by atoms with Crippen LogP contribution < -0.4 is 25.6 Å². The van der Waals surface area contributed by atoms with E-state index in [4.69, 9.17) is 33.3 Å². The maximum Gasteiger partial charge on any atom is 0.276 e. The highest BCUT2D eigenvalue weighted by Gasteiger charge is 2.10. The van der Waals surface area contributed by atoms with Gasteiger partial charge in [-0.05, 0) is 80.0 Å². The predicted octanol–water partition coefficient (Wildman–Crippen LogP) is 3.85. The van der Waals surface area contributed by atoms with Gasteiger partial charge in [-0.25, -0.2) is 0 Å². The van der Waals surface area contributed by atoms with Crippen molar-refractivity contribution in [3.8, 4) is 11.5 Å². The Morgan fingerprint density at radius 1 is 1.00 bits per heavy atom. The number of carbonyl (C=O) groups excluding carboxylic acids is 2. The molecule has 2 aromatic rings. The molecule has 166 valence electrons. The Morgan fingerprint density at radius 3 is 2.26 bits per heavy atom. The number of nitrogens with one attached hydrogen (secondary N) is 3. The lowest BCUT2D eigenvalue weighted by atomic mass is 10.1. The molecule has 2 aromatic carbocycles. The summed E-state index contributed by atoms with van der Waals surface area (Å²) in [6.07, 6.45) is 2.02. The molecule has 0 aliphatic carbocycles. The molecule has 0 heterocycles. The Labute approximate surface area is 192 Å². The number of rotatable bonds is 8. The molecule has 2 rings (SSSR count). The zero-order valence-corrected chi connectivity index (χ0v) is 19.3. The summed E-state index contributed by atoms with van der Waals surface area (Å²) < 4.78 is 11.0. The Hall–Kier alpha value is -2.84. The first-order chi connectivity index (χ1) is 14.8. The van der Waals surface area contributed by atoms with Crippen LogP contribution in [0.15, 0.2) is 36.4 Å². The molecule has 0 saturated heterocycles. The minimum absolute atomic E-state index is 0.0418. The van der Waals surface area contributed by atoms with E-state index >= 15 is 0 Å². The minimum atomic E-state index is -0.463. The summed E-state index contributed by atoms with van der Waals surface area (Å²) in [4.78, 5) is 24.2. The molecule has 0 aliphatic heterocycles. The maximum atomic E-state index is 12.2. The average Bonchev–Trinajstić information content (AvgIpc) is 2.75. The molecule has 9 heteroatoms. The van der Waals surface area contributed by atoms with Gasteiger partial charge in [-0.1, -0.05) is 24.9 Å². The fourth-order valence-electron chi connectivity index (χ4n) is 2.54. The zero-order valence-electron chi connectivity index (χ0n) is 17.7. The Kier molecular flexibility index (Phi) is 9.55. The standard InChI is InChI=1S/C22H26ClN3O4S/c1-4-5-10-29-17-8-6-16(7-9-17)21(28)24-22(31)26-25-19(27)13-30-18-11-14(2)20(23)15(3)12-18/h6-9,11-12H,4-5,10,13H2,1-3H3,(H,25,27)(H2,24,26,28,31). The second-order valence-electron chi connectivity index (χ2n) is 6.84. The van der Waals surface area contributed by atoms with Crippen LogP contribution in [0.3, 0.4) is 0 Å². The first kappa shape index (κ1) is 24.4. The normalized spacial score (nSPS) is 10.2. The molecule has 0 spiro atoms. The van der Waals surface area contributed by atoms with Gasteiger partial charge in [-0.2, -0.15) is 0 Å². The number of benzene rings is 2. The smallest absolute Gasteiger partial charge is 0.276 e. The van der Waals surface area contributed by atoms with Crippen molar-refractivity contribution in [3.63, 3.8) is 0 Å². The lowest BCUT2D eigenvalue weighted by Gasteiger charge is -2.12. The maximum absolute atomic E-state index is 12.2. The molecular formula is C22H26ClN3O4S. The summed E-state index contributed by atoms with van der Waals surface area (Å²) in [5.74, 6) is 0.363. The monoisotopic (exact) mass is 463 g/mol. The number of carbonyl (C=O) groups is 2. The van der Waals surface area contributed by atoms with E-state index in [0.717, 1.165) is 24.0 Å². The van der Waals surface area contributed by atoms with Crippen LogP contribution in [0.5, 0.6) is 11.5 Å². The Balaban J connectivity index is 1.74. The summed E-state index contributed by atoms with van der Waals surface area (Å²) in [7, 11) is 0. The van der Waals surface area contributed by atoms with Gasteiger partial charge in [-0.15, -0.1) is 0 Å². The molecule has 0 fully saturated rings. The Morgan fingerprint density at radius 2 is 1.65 bits per heavy atom. The second-order valence-corrected chi connectivity index (χ2v) is 7.63. The molecule has 0 unspecified atom stereocenters. The number of hydrazine groups is 1. The molecule has 0 radical (unpaired) electrons. The van der Waals surface area contributed by atoms with Gasteiger partial charge in [0.05, 0.1) is 6.61 Å². The second kappa shape index (κ2) is 12.1. The summed E-state index contributed by atoms with van der Waals surface area (Å²) in [5, 5.41) is 3.11. The molecule has 7 nitrogen and oxygen atoms in total. The minimum Gasteiger partial charge on any atom is -0.494 e. The van der Waals surface area contributed by atoms with Crippen molar-refractivity contribution in [2.75, 3.05) is 13.2 Å². The van der Waals surface area contributed by atoms with Crippen molar-refractivity contribution in [1.29, 1.82) is 0 Å². The van der Waals surface area contributed by atoms with Gasteiger partial charge in [0, 0.05) is 10.6 Å². The van der Waals surface area contributed by atoms with E-state index in [1.165, 1.54) is 0 Å². The number of unbranched alkanes of at least 4 members (excludes halogenated alkanes) is 1. The van der Waals surface area contributed by atoms with Crippen LogP contribution in [-0.2, 0) is 4.79 Å². The van der Waals surface area contributed by atoms with Crippen molar-refractivity contribution in [2.24, 2.45) is 0 Å². The van der Waals surface area contributed by atoms with E-state index < -0.39 is 11.8 Å². The largest absolute Gasteiger partial charge is 0.494 e. The van der Waals surface area contributed by atoms with E-state index in [2.05, 4.69) is 23.1 Å². The zero-order chi connectivity index (χ0) is 22.8. The summed E-state index contributed by atoms with van der Waals surface area (Å²) in [5.41, 5.74) is 6.98. The van der Waals surface area contributed by atoms with Crippen LogP contribution in [0.2, 0.25) is 5.02 Å². The number of hydrogen-bond donors (Lipinski definition) is 3. The van der Waals surface area contributed by atoms with E-state index in [9.17, 15) is 9.59 Å². The predicted molar refractivity (Wildman–Crippen MR) is 125 cm³/mol. The summed E-state index contributed by atoms with van der Waals surface area (Å²) >= 11 is 11.1. The molecule has 0 bridgehead atoms. The highest BCUT2D eigenvalue weighted by molar-refractivity contribution is 7.80. The fourth-order valence-corrected chi connectivity index (χ4v) is 2.80. The molecule has 2 amide bonds. The van der Waals surface area contributed by atoms with Crippen LogP contribution >= 0.6 is 23.8 Å². The first-order valence-electron chi connectivity index (χ1n) is 9.82. The van der Waals surface area contributed by atoms with Gasteiger partial charge < -0.3 is 9.47 Å². The van der Waals surface area contributed by atoms with Crippen LogP contribution in [0.1, 0.15) is 41.3 Å². The topological polar surface area (TPSA) is 88.7 Å². The summed E-state index contributed by atoms with van der Waals surface area (Å²) in [6.45, 7) is 6.21. The van der Waals surface area contributed by atoms with Gasteiger partial charge in [0.1, 0.15) is 11.5 Å². The van der Waals surface area contributed by atoms with E-state index in [1.54, 1.807) is 36.4 Å². The molecule has 31 heavy (non-hydrogen) atoms. The van der Waals surface area contributed by atoms with Crippen molar-refractivity contribution in [2.45, 2.75) is 33.6 Å². The number of ether oxygens (including phenoxy) is 2. The van der Waals surface area contributed by atoms with Crippen LogP contribution in [-0.4, -0.2) is 30.1 Å². The quantitative estimate of drug-likeness (QED) is 0.313. The number of hydrogen-bond acceptors (Lipinski definition) is 5. The third-order valence-corrected chi connectivity index (χ3v) is 5.01. The van der Waals surface area contributed by atoms with Gasteiger partial charge >= 0.3 is 0 Å². The molecule has 3 N–H and O–H groups in total. The van der Waals surface area contributed by atoms with Gasteiger partial charge in [0.15, 0.2) is 11.7 Å². The highest BCUT2D eigenvalue weighted by Crippen LogP contribution is 2.25. The van der Waals surface area contributed by atoms with Gasteiger partial charge in [0.2, 0.25) is 0 Å². The third kappa shape index (κ3) is 8.07. The molecule has 0 atom stereocenters. The first-order valence-corrected chi connectivity index (χ1v) is 10.6. The molecule has 0 aromatic heterocycles. The lowest BCUT2D eigenvalue weighted by molar-refractivity contribution is -0.123. The number of thiocarbonyl (C=S) groups is 1. The van der Waals surface area contributed by atoms with Gasteiger partial charge in [0.25, 0.3) is 11.8 Å². The van der Waals surface area contributed by atoms with Crippen LogP contribution in [0, 0.1) is 13.8 Å². The van der Waals surface area contributed by atoms with E-state index in [0.29, 0.717) is 28.7 Å². The van der Waals surface area contributed by atoms with E-state index in [-0.39, 0.29) is 11.7 Å².